The van der Waals surface area contributed by atoms with E-state index in [1.165, 1.54) is 12.0 Å². The smallest absolute Gasteiger partial charge is 0.128 e. The molecule has 20 heavy (non-hydrogen) atoms. The summed E-state index contributed by atoms with van der Waals surface area (Å²) >= 11 is 0. The normalized spacial score (nSPS) is 19.6. The van der Waals surface area contributed by atoms with Crippen LogP contribution in [0, 0.1) is 5.92 Å². The maximum Gasteiger partial charge on any atom is 0.128 e. The molecule has 1 aliphatic heterocycles. The Morgan fingerprint density at radius 3 is 2.80 bits per heavy atom. The van der Waals surface area contributed by atoms with Crippen LogP contribution in [0.15, 0.2) is 18.3 Å². The van der Waals surface area contributed by atoms with E-state index < -0.39 is 0 Å². The van der Waals surface area contributed by atoms with Crippen LogP contribution in [0.3, 0.4) is 0 Å². The summed E-state index contributed by atoms with van der Waals surface area (Å²) in [7, 11) is 1.78. The van der Waals surface area contributed by atoms with Gasteiger partial charge in [0.2, 0.25) is 0 Å². The first-order chi connectivity index (χ1) is 9.48. The molecule has 1 unspecified atom stereocenters. The van der Waals surface area contributed by atoms with E-state index in [-0.39, 0.29) is 5.54 Å². The molecule has 2 heterocycles. The van der Waals surface area contributed by atoms with Crippen LogP contribution in [-0.2, 0) is 11.3 Å². The maximum absolute atomic E-state index is 5.24. The fourth-order valence-electron chi connectivity index (χ4n) is 2.49. The monoisotopic (exact) mass is 277 g/mol. The zero-order valence-electron chi connectivity index (χ0n) is 13.1. The van der Waals surface area contributed by atoms with Crippen molar-refractivity contribution in [2.45, 2.75) is 39.3 Å². The highest BCUT2D eigenvalue weighted by atomic mass is 16.5. The predicted molar refractivity (Wildman–Crippen MR) is 83.0 cm³/mol. The zero-order chi connectivity index (χ0) is 14.6. The van der Waals surface area contributed by atoms with Gasteiger partial charge in [0.1, 0.15) is 5.82 Å². The summed E-state index contributed by atoms with van der Waals surface area (Å²) in [6.07, 6.45) is 3.18. The van der Waals surface area contributed by atoms with Gasteiger partial charge in [0.25, 0.3) is 0 Å². The molecule has 1 atom stereocenters. The molecule has 1 fully saturated rings. The molecule has 0 amide bonds. The van der Waals surface area contributed by atoms with E-state index >= 15 is 0 Å². The Morgan fingerprint density at radius 2 is 2.20 bits per heavy atom. The summed E-state index contributed by atoms with van der Waals surface area (Å²) in [6.45, 7) is 10.4. The maximum atomic E-state index is 5.24. The van der Waals surface area contributed by atoms with Gasteiger partial charge in [-0.25, -0.2) is 4.98 Å². The second kappa shape index (κ2) is 6.55. The van der Waals surface area contributed by atoms with Crippen molar-refractivity contribution in [2.75, 3.05) is 31.7 Å². The number of nitrogens with one attached hydrogen (secondary N) is 1. The molecule has 1 saturated heterocycles. The van der Waals surface area contributed by atoms with E-state index in [9.17, 15) is 0 Å². The molecule has 0 aromatic carbocycles. The Balaban J connectivity index is 1.89. The number of hydrogen-bond donors (Lipinski definition) is 1. The minimum Gasteiger partial charge on any atom is -0.384 e. The first-order valence-electron chi connectivity index (χ1n) is 7.42. The summed E-state index contributed by atoms with van der Waals surface area (Å²) in [4.78, 5) is 6.95. The fourth-order valence-corrected chi connectivity index (χ4v) is 2.49. The van der Waals surface area contributed by atoms with Crippen molar-refractivity contribution in [1.82, 2.24) is 10.3 Å². The van der Waals surface area contributed by atoms with Crippen LogP contribution in [0.1, 0.15) is 32.8 Å². The Hall–Kier alpha value is -1.13. The first-order valence-corrected chi connectivity index (χ1v) is 7.42. The molecular formula is C16H27N3O. The number of hydrogen-bond acceptors (Lipinski definition) is 4. The zero-order valence-corrected chi connectivity index (χ0v) is 13.1. The van der Waals surface area contributed by atoms with E-state index in [4.69, 9.17) is 4.74 Å². The third-order valence-corrected chi connectivity index (χ3v) is 3.64. The topological polar surface area (TPSA) is 37.4 Å². The van der Waals surface area contributed by atoms with Crippen molar-refractivity contribution in [1.29, 1.82) is 0 Å². The lowest BCUT2D eigenvalue weighted by Crippen LogP contribution is -2.35. The summed E-state index contributed by atoms with van der Waals surface area (Å²) in [5.74, 6) is 1.73. The third-order valence-electron chi connectivity index (χ3n) is 3.64. The number of ether oxygens (including phenoxy) is 1. The lowest BCUT2D eigenvalue weighted by Gasteiger charge is -2.21. The van der Waals surface area contributed by atoms with E-state index in [1.807, 2.05) is 6.20 Å². The average molecular weight is 277 g/mol. The van der Waals surface area contributed by atoms with Crippen LogP contribution in [0.2, 0.25) is 0 Å². The Morgan fingerprint density at radius 1 is 1.40 bits per heavy atom. The van der Waals surface area contributed by atoms with Crippen molar-refractivity contribution < 1.29 is 4.74 Å². The van der Waals surface area contributed by atoms with Crippen molar-refractivity contribution in [3.8, 4) is 0 Å². The second-order valence-electron chi connectivity index (χ2n) is 6.68. The SMILES string of the molecule is COCC1CCN(c2ccc(CNC(C)(C)C)cn2)C1. The lowest BCUT2D eigenvalue weighted by molar-refractivity contribution is 0.161. The molecule has 0 saturated carbocycles. The Bertz CT molecular complexity index is 411. The summed E-state index contributed by atoms with van der Waals surface area (Å²) < 4.78 is 5.24. The van der Waals surface area contributed by atoms with Crippen LogP contribution in [0.4, 0.5) is 5.82 Å². The number of aromatic nitrogens is 1. The average Bonchev–Trinajstić information content (AvgIpc) is 2.85. The van der Waals surface area contributed by atoms with Crippen LogP contribution in [0.5, 0.6) is 0 Å². The predicted octanol–water partition coefficient (Wildman–Crippen LogP) is 2.44. The number of rotatable bonds is 5. The molecule has 0 bridgehead atoms. The molecule has 1 aliphatic rings. The van der Waals surface area contributed by atoms with Gasteiger partial charge in [0.05, 0.1) is 6.61 Å². The Labute approximate surface area is 122 Å². The van der Waals surface area contributed by atoms with Gasteiger partial charge in [-0.05, 0) is 38.8 Å². The van der Waals surface area contributed by atoms with Crippen LogP contribution >= 0.6 is 0 Å². The standard InChI is InChI=1S/C16H27N3O/c1-16(2,3)18-10-13-5-6-15(17-9-13)19-8-7-14(11-19)12-20-4/h5-6,9,14,18H,7-8,10-12H2,1-4H3. The van der Waals surface area contributed by atoms with Crippen molar-refractivity contribution in [3.05, 3.63) is 23.9 Å². The molecule has 2 rings (SSSR count). The number of nitrogens with zero attached hydrogens (tertiary/aromatic N) is 2. The molecule has 0 radical (unpaired) electrons. The largest absolute Gasteiger partial charge is 0.384 e. The van der Waals surface area contributed by atoms with Crippen LogP contribution < -0.4 is 10.2 Å². The number of anilines is 1. The van der Waals surface area contributed by atoms with Crippen molar-refractivity contribution >= 4 is 5.82 Å². The summed E-state index contributed by atoms with van der Waals surface area (Å²) in [5, 5.41) is 3.48. The van der Waals surface area contributed by atoms with Crippen molar-refractivity contribution in [2.24, 2.45) is 5.92 Å². The van der Waals surface area contributed by atoms with Crippen LogP contribution in [0.25, 0.3) is 0 Å². The molecule has 1 aromatic rings. The lowest BCUT2D eigenvalue weighted by atomic mass is 10.1. The Kier molecular flexibility index (Phi) is 5.00. The van der Waals surface area contributed by atoms with Gasteiger partial charge in [0.15, 0.2) is 0 Å². The molecule has 1 aromatic heterocycles. The first kappa shape index (κ1) is 15.3. The number of pyridine rings is 1. The van der Waals surface area contributed by atoms with Gasteiger partial charge in [-0.1, -0.05) is 6.07 Å². The van der Waals surface area contributed by atoms with Gasteiger partial charge in [0, 0.05) is 44.4 Å². The molecule has 0 spiro atoms. The van der Waals surface area contributed by atoms with Gasteiger partial charge < -0.3 is 15.0 Å². The van der Waals surface area contributed by atoms with E-state index in [2.05, 4.69) is 48.1 Å². The van der Waals surface area contributed by atoms with Gasteiger partial charge >= 0.3 is 0 Å². The van der Waals surface area contributed by atoms with E-state index in [0.29, 0.717) is 5.92 Å². The molecule has 0 aliphatic carbocycles. The van der Waals surface area contributed by atoms with Crippen molar-refractivity contribution in [3.63, 3.8) is 0 Å². The molecule has 4 heteroatoms. The highest BCUT2D eigenvalue weighted by molar-refractivity contribution is 5.40. The van der Waals surface area contributed by atoms with E-state index in [0.717, 1.165) is 32.1 Å². The second-order valence-corrected chi connectivity index (χ2v) is 6.68. The fraction of sp³-hybridized carbons (Fsp3) is 0.688. The minimum absolute atomic E-state index is 0.140. The highest BCUT2D eigenvalue weighted by Crippen LogP contribution is 2.22. The number of methoxy groups -OCH3 is 1. The minimum atomic E-state index is 0.140. The summed E-state index contributed by atoms with van der Waals surface area (Å²) in [5.41, 5.74) is 1.37. The molecule has 1 N–H and O–H groups in total. The molecule has 4 nitrogen and oxygen atoms in total. The quantitative estimate of drug-likeness (QED) is 0.897. The van der Waals surface area contributed by atoms with E-state index in [1.54, 1.807) is 7.11 Å². The van der Waals surface area contributed by atoms with Gasteiger partial charge in [-0.15, -0.1) is 0 Å². The third kappa shape index (κ3) is 4.46. The molecule has 112 valence electrons. The van der Waals surface area contributed by atoms with Gasteiger partial charge in [-0.2, -0.15) is 0 Å². The summed E-state index contributed by atoms with van der Waals surface area (Å²) in [6, 6.07) is 4.31. The molecular weight excluding hydrogens is 250 g/mol. The highest BCUT2D eigenvalue weighted by Gasteiger charge is 2.23. The van der Waals surface area contributed by atoms with Crippen LogP contribution in [-0.4, -0.2) is 37.3 Å². The van der Waals surface area contributed by atoms with Gasteiger partial charge in [-0.3, -0.25) is 0 Å².